The van der Waals surface area contributed by atoms with Crippen LogP contribution in [-0.4, -0.2) is 52.0 Å². The lowest BCUT2D eigenvalue weighted by Crippen LogP contribution is -2.52. The molecular weight excluding hydrogens is 518 g/mol. The summed E-state index contributed by atoms with van der Waals surface area (Å²) in [5, 5.41) is 11.1. The number of nitrogens with zero attached hydrogens (tertiary/aromatic N) is 2. The molecule has 0 saturated carbocycles. The summed E-state index contributed by atoms with van der Waals surface area (Å²) in [6, 6.07) is 13.2. The number of aliphatic imine (C=N–C) groups is 1. The van der Waals surface area contributed by atoms with Crippen LogP contribution in [0.3, 0.4) is 0 Å². The van der Waals surface area contributed by atoms with E-state index in [0.717, 1.165) is 35.3 Å². The van der Waals surface area contributed by atoms with E-state index in [1.54, 1.807) is 12.0 Å². The third-order valence-corrected chi connectivity index (χ3v) is 9.52. The van der Waals surface area contributed by atoms with Gasteiger partial charge in [0.15, 0.2) is 11.7 Å². The second-order valence-corrected chi connectivity index (χ2v) is 12.3. The molecule has 0 unspecified atom stereocenters. The summed E-state index contributed by atoms with van der Waals surface area (Å²) in [4.78, 5) is 33.2. The molecule has 4 atom stereocenters. The fourth-order valence-corrected chi connectivity index (χ4v) is 6.90. The third kappa shape index (κ3) is 5.28. The van der Waals surface area contributed by atoms with E-state index in [1.807, 2.05) is 70.2 Å². The SMILES string of the molecule is CCC1(CC)CC(=O)N([C@@H]2C[C@@H](OC)c3ccc(C(=O)CCC[C@@H]4c5ccccc5OC(C)(C)[C@H]4O)cc32)C(N)=N1. The minimum Gasteiger partial charge on any atom is -0.485 e. The quantitative estimate of drug-likeness (QED) is 0.386. The van der Waals surface area contributed by atoms with Crippen LogP contribution in [0.4, 0.5) is 0 Å². The van der Waals surface area contributed by atoms with Crippen LogP contribution >= 0.6 is 0 Å². The van der Waals surface area contributed by atoms with Crippen molar-refractivity contribution in [2.45, 2.75) is 108 Å². The number of aliphatic hydroxyl groups is 1. The van der Waals surface area contributed by atoms with Gasteiger partial charge in [0.2, 0.25) is 5.91 Å². The first-order valence-corrected chi connectivity index (χ1v) is 14.9. The van der Waals surface area contributed by atoms with Gasteiger partial charge in [0, 0.05) is 31.4 Å². The molecule has 1 aliphatic carbocycles. The fraction of sp³-hybridized carbons (Fsp3) is 0.545. The largest absolute Gasteiger partial charge is 0.485 e. The molecule has 2 aromatic rings. The zero-order chi connectivity index (χ0) is 29.5. The van der Waals surface area contributed by atoms with Crippen LogP contribution in [0.25, 0.3) is 0 Å². The van der Waals surface area contributed by atoms with Crippen LogP contribution in [0.5, 0.6) is 5.75 Å². The van der Waals surface area contributed by atoms with Crippen LogP contribution in [-0.2, 0) is 9.53 Å². The number of fused-ring (bicyclic) bond motifs is 2. The number of amides is 1. The van der Waals surface area contributed by atoms with Crippen molar-refractivity contribution in [2.75, 3.05) is 7.11 Å². The van der Waals surface area contributed by atoms with Gasteiger partial charge in [-0.05, 0) is 68.4 Å². The van der Waals surface area contributed by atoms with Gasteiger partial charge in [-0.3, -0.25) is 14.5 Å². The Balaban J connectivity index is 1.34. The van der Waals surface area contributed by atoms with E-state index in [9.17, 15) is 14.7 Å². The zero-order valence-electron chi connectivity index (χ0n) is 24.9. The van der Waals surface area contributed by atoms with E-state index >= 15 is 0 Å². The van der Waals surface area contributed by atoms with Crippen molar-refractivity contribution in [1.29, 1.82) is 0 Å². The average molecular weight is 562 g/mol. The molecule has 0 bridgehead atoms. The number of guanidine groups is 1. The third-order valence-electron chi connectivity index (χ3n) is 9.52. The number of Topliss-reactive ketones (excluding diaryl/α,β-unsaturated/α-hetero) is 1. The number of carbonyl (C=O) groups excluding carboxylic acids is 2. The molecule has 41 heavy (non-hydrogen) atoms. The topological polar surface area (TPSA) is 114 Å². The normalized spacial score (nSPS) is 26.1. The number of hydrogen-bond donors (Lipinski definition) is 2. The Morgan fingerprint density at radius 3 is 2.56 bits per heavy atom. The van der Waals surface area contributed by atoms with Crippen molar-refractivity contribution < 1.29 is 24.2 Å². The van der Waals surface area contributed by atoms with Crippen LogP contribution in [0.15, 0.2) is 47.5 Å². The summed E-state index contributed by atoms with van der Waals surface area (Å²) in [6.45, 7) is 7.87. The molecule has 0 aromatic heterocycles. The number of methoxy groups -OCH3 is 1. The van der Waals surface area contributed by atoms with E-state index in [-0.39, 0.29) is 35.7 Å². The highest BCUT2D eigenvalue weighted by Crippen LogP contribution is 2.47. The molecule has 8 nitrogen and oxygen atoms in total. The number of benzene rings is 2. The molecule has 3 N–H and O–H groups in total. The monoisotopic (exact) mass is 561 g/mol. The first-order chi connectivity index (χ1) is 19.5. The summed E-state index contributed by atoms with van der Waals surface area (Å²) in [5.41, 5.74) is 8.73. The van der Waals surface area contributed by atoms with Crippen molar-refractivity contribution in [3.8, 4) is 5.75 Å². The molecule has 2 heterocycles. The van der Waals surface area contributed by atoms with Gasteiger partial charge in [-0.1, -0.05) is 44.2 Å². The number of ketones is 1. The van der Waals surface area contributed by atoms with E-state index in [0.29, 0.717) is 37.7 Å². The summed E-state index contributed by atoms with van der Waals surface area (Å²) in [5.74, 6) is 0.919. The molecule has 220 valence electrons. The summed E-state index contributed by atoms with van der Waals surface area (Å²) in [6.07, 6.45) is 3.17. The molecular formula is C33H43N3O5. The molecule has 2 aromatic carbocycles. The molecule has 0 fully saturated rings. The van der Waals surface area contributed by atoms with E-state index in [2.05, 4.69) is 0 Å². The molecule has 0 spiro atoms. The average Bonchev–Trinajstić information content (AvgIpc) is 3.31. The Kier molecular flexibility index (Phi) is 8.01. The minimum atomic E-state index is -0.707. The van der Waals surface area contributed by atoms with Crippen LogP contribution in [0.2, 0.25) is 0 Å². The van der Waals surface area contributed by atoms with Gasteiger partial charge < -0.3 is 20.3 Å². The number of aliphatic hydroxyl groups excluding tert-OH is 1. The number of nitrogens with two attached hydrogens (primary N) is 1. The second-order valence-electron chi connectivity index (χ2n) is 12.3. The van der Waals surface area contributed by atoms with Crippen molar-refractivity contribution in [3.63, 3.8) is 0 Å². The van der Waals surface area contributed by atoms with Gasteiger partial charge in [0.25, 0.3) is 0 Å². The maximum absolute atomic E-state index is 13.4. The Labute approximate surface area is 242 Å². The molecule has 3 aliphatic rings. The van der Waals surface area contributed by atoms with Crippen molar-refractivity contribution in [1.82, 2.24) is 4.90 Å². The first kappa shape index (κ1) is 29.3. The zero-order valence-corrected chi connectivity index (χ0v) is 24.9. The van der Waals surface area contributed by atoms with Crippen molar-refractivity contribution in [2.24, 2.45) is 10.7 Å². The smallest absolute Gasteiger partial charge is 0.232 e. The maximum atomic E-state index is 13.4. The molecule has 5 rings (SSSR count). The molecule has 2 aliphatic heterocycles. The Hall–Kier alpha value is -3.23. The highest BCUT2D eigenvalue weighted by atomic mass is 16.5. The highest BCUT2D eigenvalue weighted by Gasteiger charge is 2.45. The van der Waals surface area contributed by atoms with Crippen LogP contribution < -0.4 is 10.5 Å². The number of hydrogen-bond acceptors (Lipinski definition) is 7. The number of ether oxygens (including phenoxy) is 2. The molecule has 8 heteroatoms. The van der Waals surface area contributed by atoms with Gasteiger partial charge in [-0.2, -0.15) is 0 Å². The van der Waals surface area contributed by atoms with Gasteiger partial charge >= 0.3 is 0 Å². The molecule has 0 radical (unpaired) electrons. The minimum absolute atomic E-state index is 0.0316. The molecule has 0 saturated heterocycles. The lowest BCUT2D eigenvalue weighted by atomic mass is 9.78. The van der Waals surface area contributed by atoms with Gasteiger partial charge in [0.05, 0.1) is 24.1 Å². The predicted molar refractivity (Wildman–Crippen MR) is 158 cm³/mol. The fourth-order valence-electron chi connectivity index (χ4n) is 6.90. The number of rotatable bonds is 9. The van der Waals surface area contributed by atoms with Crippen molar-refractivity contribution in [3.05, 3.63) is 64.7 Å². The Bertz CT molecular complexity index is 1350. The predicted octanol–water partition coefficient (Wildman–Crippen LogP) is 5.59. The Morgan fingerprint density at radius 1 is 1.15 bits per heavy atom. The summed E-state index contributed by atoms with van der Waals surface area (Å²) >= 11 is 0. The van der Waals surface area contributed by atoms with Gasteiger partial charge in [-0.15, -0.1) is 0 Å². The lowest BCUT2D eigenvalue weighted by Gasteiger charge is -2.42. The van der Waals surface area contributed by atoms with E-state index in [4.69, 9.17) is 20.2 Å². The number of carbonyl (C=O) groups is 2. The van der Waals surface area contributed by atoms with Gasteiger partial charge in [0.1, 0.15) is 17.5 Å². The molecule has 1 amide bonds. The highest BCUT2D eigenvalue weighted by molar-refractivity contribution is 6.00. The number of para-hydroxylation sites is 1. The van der Waals surface area contributed by atoms with E-state index in [1.165, 1.54) is 0 Å². The Morgan fingerprint density at radius 2 is 1.88 bits per heavy atom. The maximum Gasteiger partial charge on any atom is 0.232 e. The summed E-state index contributed by atoms with van der Waals surface area (Å²) in [7, 11) is 1.66. The second kappa shape index (κ2) is 11.2. The first-order valence-electron chi connectivity index (χ1n) is 14.9. The van der Waals surface area contributed by atoms with Crippen LogP contribution in [0.1, 0.15) is 118 Å². The summed E-state index contributed by atoms with van der Waals surface area (Å²) < 4.78 is 11.8. The van der Waals surface area contributed by atoms with E-state index < -0.39 is 17.2 Å². The lowest BCUT2D eigenvalue weighted by molar-refractivity contribution is -0.131. The van der Waals surface area contributed by atoms with Gasteiger partial charge in [-0.25, -0.2) is 4.99 Å². The van der Waals surface area contributed by atoms with Crippen LogP contribution in [0, 0.1) is 0 Å². The van der Waals surface area contributed by atoms with Crippen molar-refractivity contribution >= 4 is 17.6 Å². The standard InChI is InChI=1S/C33H43N3O5/c1-6-33(7-2)19-29(38)36(31(34)35-33)25-18-28(40-5)22-16-15-20(17-24(22)25)26(37)13-10-12-23-21-11-8-9-14-27(21)41-32(3,4)30(23)39/h8-9,11,14-17,23,25,28,30,39H,6-7,10,12-13,18-19H2,1-5H3,(H2,34,35)/t23-,25-,28-,30+/m1/s1.